The molecule has 2 fully saturated rings. The quantitative estimate of drug-likeness (QED) is 0.598. The van der Waals surface area contributed by atoms with Crippen LogP contribution in [-0.2, 0) is 11.3 Å². The van der Waals surface area contributed by atoms with Gasteiger partial charge in [0.15, 0.2) is 0 Å². The van der Waals surface area contributed by atoms with Gasteiger partial charge in [-0.2, -0.15) is 0 Å². The number of piperidine rings is 1. The topological polar surface area (TPSA) is 70.1 Å². The number of carboxylic acids is 1. The molecule has 0 radical (unpaired) electrons. The molecule has 182 valence electrons. The largest absolute Gasteiger partial charge is 0.478 e. The molecule has 6 nitrogen and oxygen atoms in total. The third-order valence-electron chi connectivity index (χ3n) is 7.23. The van der Waals surface area contributed by atoms with E-state index in [1.54, 1.807) is 23.1 Å². The number of aryl methyl sites for hydroxylation is 1. The van der Waals surface area contributed by atoms with Crippen molar-refractivity contribution < 1.29 is 23.8 Å². The molecule has 2 saturated heterocycles. The second-order valence-electron chi connectivity index (χ2n) is 9.70. The van der Waals surface area contributed by atoms with Crippen LogP contribution < -0.4 is 4.90 Å². The number of benzene rings is 2. The normalized spacial score (nSPS) is 19.9. The summed E-state index contributed by atoms with van der Waals surface area (Å²) in [7, 11) is 0. The number of rotatable bonds is 5. The number of carbonyl (C=O) groups excluding carboxylic acids is 1. The van der Waals surface area contributed by atoms with Crippen molar-refractivity contribution in [1.29, 1.82) is 0 Å². The van der Waals surface area contributed by atoms with Gasteiger partial charge in [-0.1, -0.05) is 24.3 Å². The summed E-state index contributed by atoms with van der Waals surface area (Å²) in [6, 6.07) is 12.7. The minimum absolute atomic E-state index is 0.0586. The first-order valence-corrected chi connectivity index (χ1v) is 12.0. The number of carbonyl (C=O) groups is 2. The average molecular weight is 477 g/mol. The highest BCUT2D eigenvalue weighted by molar-refractivity contribution is 5.92. The number of hydrogen-bond donors (Lipinski definition) is 1. The monoisotopic (exact) mass is 476 g/mol. The van der Waals surface area contributed by atoms with E-state index in [4.69, 9.17) is 9.84 Å². The van der Waals surface area contributed by atoms with Crippen LogP contribution in [0, 0.1) is 6.92 Å². The molecular formula is C28H29FN2O4. The van der Waals surface area contributed by atoms with Crippen molar-refractivity contribution >= 4 is 23.3 Å². The van der Waals surface area contributed by atoms with Crippen LogP contribution in [0.5, 0.6) is 0 Å². The van der Waals surface area contributed by atoms with Crippen LogP contribution >= 0.6 is 0 Å². The molecule has 1 amide bonds. The number of anilines is 1. The first-order valence-electron chi connectivity index (χ1n) is 12.0. The SMILES string of the molecule is Cc1cc(CN2CCC3(CC2)CN(c2ccc(C(=O)O)cc2)C(=O)O3)ccc1C1=CCCC(F)=C1. The van der Waals surface area contributed by atoms with Gasteiger partial charge in [-0.3, -0.25) is 9.80 Å². The van der Waals surface area contributed by atoms with E-state index in [2.05, 4.69) is 36.1 Å². The summed E-state index contributed by atoms with van der Waals surface area (Å²) in [6.07, 6.45) is 6.08. The Morgan fingerprint density at radius 2 is 1.89 bits per heavy atom. The fourth-order valence-electron chi connectivity index (χ4n) is 5.24. The smallest absolute Gasteiger partial charge is 0.415 e. The maximum atomic E-state index is 13.7. The molecule has 0 aromatic heterocycles. The zero-order valence-corrected chi connectivity index (χ0v) is 19.8. The molecule has 0 atom stereocenters. The van der Waals surface area contributed by atoms with Gasteiger partial charge in [0.2, 0.25) is 0 Å². The standard InChI is InChI=1S/C28H29FN2O4/c1-19-15-20(5-10-25(19)22-3-2-4-23(29)16-22)17-30-13-11-28(12-14-30)18-31(27(34)35-28)24-8-6-21(7-9-24)26(32)33/h3,5-10,15-16H,2,4,11-14,17-18H2,1H3,(H,32,33). The Labute approximate surface area is 204 Å². The number of amides is 1. The third-order valence-corrected chi connectivity index (χ3v) is 7.23. The van der Waals surface area contributed by atoms with Crippen molar-refractivity contribution in [3.05, 3.63) is 82.7 Å². The Morgan fingerprint density at radius 3 is 2.54 bits per heavy atom. The number of nitrogens with zero attached hydrogens (tertiary/aromatic N) is 2. The Morgan fingerprint density at radius 1 is 1.14 bits per heavy atom. The molecule has 2 aliphatic heterocycles. The van der Waals surface area contributed by atoms with Gasteiger partial charge in [0.1, 0.15) is 11.4 Å². The van der Waals surface area contributed by atoms with Gasteiger partial charge in [0, 0.05) is 44.6 Å². The molecule has 5 rings (SSSR count). The van der Waals surface area contributed by atoms with E-state index in [0.717, 1.165) is 55.6 Å². The zero-order chi connectivity index (χ0) is 24.6. The molecule has 7 heteroatoms. The van der Waals surface area contributed by atoms with Crippen LogP contribution in [0.4, 0.5) is 14.9 Å². The lowest BCUT2D eigenvalue weighted by Crippen LogP contribution is -2.46. The second kappa shape index (κ2) is 9.30. The number of likely N-dealkylation sites (tertiary alicyclic amines) is 1. The van der Waals surface area contributed by atoms with E-state index < -0.39 is 11.6 Å². The summed E-state index contributed by atoms with van der Waals surface area (Å²) >= 11 is 0. The summed E-state index contributed by atoms with van der Waals surface area (Å²) in [5.41, 5.74) is 4.72. The van der Waals surface area contributed by atoms with Crippen LogP contribution in [-0.4, -0.2) is 47.3 Å². The summed E-state index contributed by atoms with van der Waals surface area (Å²) in [4.78, 5) is 27.7. The van der Waals surface area contributed by atoms with Crippen LogP contribution in [0.3, 0.4) is 0 Å². The van der Waals surface area contributed by atoms with Gasteiger partial charge in [-0.15, -0.1) is 0 Å². The lowest BCUT2D eigenvalue weighted by Gasteiger charge is -2.37. The van der Waals surface area contributed by atoms with Gasteiger partial charge >= 0.3 is 12.1 Å². The molecule has 0 unspecified atom stereocenters. The molecule has 1 N–H and O–H groups in total. The van der Waals surface area contributed by atoms with Crippen LogP contribution in [0.25, 0.3) is 5.57 Å². The minimum Gasteiger partial charge on any atom is -0.478 e. The minimum atomic E-state index is -0.994. The molecule has 1 spiro atoms. The third kappa shape index (κ3) is 4.86. The van der Waals surface area contributed by atoms with Crippen molar-refractivity contribution in [2.45, 2.75) is 44.8 Å². The van der Waals surface area contributed by atoms with Gasteiger partial charge in [0.25, 0.3) is 0 Å². The molecule has 0 bridgehead atoms. The predicted octanol–water partition coefficient (Wildman–Crippen LogP) is 5.72. The first-order chi connectivity index (χ1) is 16.8. The van der Waals surface area contributed by atoms with E-state index in [9.17, 15) is 14.0 Å². The van der Waals surface area contributed by atoms with Crippen LogP contribution in [0.15, 0.2) is 60.4 Å². The van der Waals surface area contributed by atoms with E-state index in [1.165, 1.54) is 17.7 Å². The van der Waals surface area contributed by atoms with E-state index in [0.29, 0.717) is 18.7 Å². The molecule has 3 aliphatic rings. The lowest BCUT2D eigenvalue weighted by atomic mass is 9.90. The number of aromatic carboxylic acids is 1. The molecule has 1 aliphatic carbocycles. The highest BCUT2D eigenvalue weighted by Crippen LogP contribution is 2.36. The van der Waals surface area contributed by atoms with E-state index >= 15 is 0 Å². The number of carboxylic acid groups (broad SMARTS) is 1. The average Bonchev–Trinajstić information content (AvgIpc) is 3.16. The maximum Gasteiger partial charge on any atom is 0.415 e. The summed E-state index contributed by atoms with van der Waals surface area (Å²) in [6.45, 7) is 4.99. The Hall–Kier alpha value is -3.45. The number of halogens is 1. The molecular weight excluding hydrogens is 447 g/mol. The molecule has 2 aromatic carbocycles. The number of hydrogen-bond acceptors (Lipinski definition) is 4. The number of ether oxygens (including phenoxy) is 1. The van der Waals surface area contributed by atoms with Crippen LogP contribution in [0.2, 0.25) is 0 Å². The van der Waals surface area contributed by atoms with Gasteiger partial charge in [-0.25, -0.2) is 14.0 Å². The van der Waals surface area contributed by atoms with Gasteiger partial charge in [0.05, 0.1) is 12.1 Å². The lowest BCUT2D eigenvalue weighted by molar-refractivity contribution is -0.000983. The fourth-order valence-corrected chi connectivity index (χ4v) is 5.24. The van der Waals surface area contributed by atoms with Crippen molar-refractivity contribution in [1.82, 2.24) is 4.90 Å². The maximum absolute atomic E-state index is 13.7. The summed E-state index contributed by atoms with van der Waals surface area (Å²) in [5, 5.41) is 9.09. The summed E-state index contributed by atoms with van der Waals surface area (Å²) < 4.78 is 19.6. The van der Waals surface area contributed by atoms with Crippen molar-refractivity contribution in [2.24, 2.45) is 0 Å². The van der Waals surface area contributed by atoms with Crippen molar-refractivity contribution in [3.8, 4) is 0 Å². The predicted molar refractivity (Wildman–Crippen MR) is 132 cm³/mol. The first kappa shape index (κ1) is 23.3. The van der Waals surface area contributed by atoms with Crippen LogP contribution in [0.1, 0.15) is 52.7 Å². The molecule has 35 heavy (non-hydrogen) atoms. The van der Waals surface area contributed by atoms with Crippen molar-refractivity contribution in [2.75, 3.05) is 24.5 Å². The Balaban J connectivity index is 1.20. The summed E-state index contributed by atoms with van der Waals surface area (Å²) in [5.74, 6) is -1.05. The highest BCUT2D eigenvalue weighted by atomic mass is 19.1. The Bertz CT molecular complexity index is 1210. The molecule has 2 aromatic rings. The van der Waals surface area contributed by atoms with Gasteiger partial charge in [-0.05, 0) is 65.9 Å². The fraction of sp³-hybridized carbons (Fsp3) is 0.357. The number of allylic oxidation sites excluding steroid dienone is 4. The van der Waals surface area contributed by atoms with E-state index in [-0.39, 0.29) is 17.5 Å². The van der Waals surface area contributed by atoms with Crippen molar-refractivity contribution in [3.63, 3.8) is 0 Å². The molecule has 2 heterocycles. The van der Waals surface area contributed by atoms with Gasteiger partial charge < -0.3 is 9.84 Å². The Kier molecular flexibility index (Phi) is 6.19. The van der Waals surface area contributed by atoms with E-state index in [1.807, 2.05) is 0 Å². The zero-order valence-electron chi connectivity index (χ0n) is 19.8. The second-order valence-corrected chi connectivity index (χ2v) is 9.70. The molecule has 0 saturated carbocycles. The highest BCUT2D eigenvalue weighted by Gasteiger charge is 2.47.